The summed E-state index contributed by atoms with van der Waals surface area (Å²) >= 11 is 0. The van der Waals surface area contributed by atoms with E-state index in [-0.39, 0.29) is 24.4 Å². The van der Waals surface area contributed by atoms with Gasteiger partial charge in [-0.1, -0.05) is 30.3 Å². The van der Waals surface area contributed by atoms with Gasteiger partial charge in [0, 0.05) is 45.1 Å². The fraction of sp³-hybridized carbons (Fsp3) is 0.375. The lowest BCUT2D eigenvalue weighted by molar-refractivity contribution is -0.134. The van der Waals surface area contributed by atoms with Crippen LogP contribution in [0.4, 0.5) is 0 Å². The van der Waals surface area contributed by atoms with Gasteiger partial charge in [0.05, 0.1) is 30.7 Å². The SMILES string of the molecule is COc1ccccc1[C@@H]1CN(CC(=O)NCCc2nc3ccccc3[nH]2)CCN1C(C)=O. The Kier molecular flexibility index (Phi) is 6.70. The van der Waals surface area contributed by atoms with Crippen LogP contribution in [-0.4, -0.2) is 71.4 Å². The van der Waals surface area contributed by atoms with Crippen LogP contribution in [0.5, 0.6) is 5.75 Å². The van der Waals surface area contributed by atoms with Crippen molar-refractivity contribution in [2.45, 2.75) is 19.4 Å². The minimum absolute atomic E-state index is 0.0239. The van der Waals surface area contributed by atoms with E-state index < -0.39 is 0 Å². The zero-order chi connectivity index (χ0) is 22.5. The number of nitrogens with one attached hydrogen (secondary N) is 2. The molecule has 2 N–H and O–H groups in total. The molecule has 8 heteroatoms. The molecule has 0 aliphatic carbocycles. The van der Waals surface area contributed by atoms with Crippen LogP contribution < -0.4 is 10.1 Å². The van der Waals surface area contributed by atoms with E-state index in [0.717, 1.165) is 28.2 Å². The summed E-state index contributed by atoms with van der Waals surface area (Å²) in [6, 6.07) is 15.5. The molecule has 1 atom stereocenters. The second-order valence-electron chi connectivity index (χ2n) is 8.01. The highest BCUT2D eigenvalue weighted by atomic mass is 16.5. The van der Waals surface area contributed by atoms with Gasteiger partial charge >= 0.3 is 0 Å². The quantitative estimate of drug-likeness (QED) is 0.593. The molecule has 0 bridgehead atoms. The summed E-state index contributed by atoms with van der Waals surface area (Å²) < 4.78 is 5.52. The molecule has 1 aliphatic heterocycles. The van der Waals surface area contributed by atoms with Crippen molar-refractivity contribution in [2.24, 2.45) is 0 Å². The molecule has 1 fully saturated rings. The van der Waals surface area contributed by atoms with Crippen molar-refractivity contribution < 1.29 is 14.3 Å². The number of aromatic nitrogens is 2. The number of carbonyl (C=O) groups excluding carboxylic acids is 2. The predicted molar refractivity (Wildman–Crippen MR) is 122 cm³/mol. The molecule has 2 heterocycles. The summed E-state index contributed by atoms with van der Waals surface area (Å²) in [5, 5.41) is 2.99. The Labute approximate surface area is 187 Å². The molecule has 2 amide bonds. The van der Waals surface area contributed by atoms with Crippen LogP contribution in [0.25, 0.3) is 11.0 Å². The van der Waals surface area contributed by atoms with Crippen molar-refractivity contribution in [1.82, 2.24) is 25.1 Å². The minimum Gasteiger partial charge on any atom is -0.496 e. The van der Waals surface area contributed by atoms with Gasteiger partial charge in [-0.3, -0.25) is 14.5 Å². The number of methoxy groups -OCH3 is 1. The summed E-state index contributed by atoms with van der Waals surface area (Å²) in [6.07, 6.45) is 0.641. The highest BCUT2D eigenvalue weighted by Gasteiger charge is 2.32. The molecule has 8 nitrogen and oxygen atoms in total. The number of hydrogen-bond acceptors (Lipinski definition) is 5. The smallest absolute Gasteiger partial charge is 0.234 e. The lowest BCUT2D eigenvalue weighted by Crippen LogP contribution is -2.52. The number of para-hydroxylation sites is 3. The number of fused-ring (bicyclic) bond motifs is 1. The number of rotatable bonds is 7. The van der Waals surface area contributed by atoms with Crippen LogP contribution in [0.15, 0.2) is 48.5 Å². The van der Waals surface area contributed by atoms with Crippen molar-refractivity contribution in [1.29, 1.82) is 0 Å². The molecular weight excluding hydrogens is 406 g/mol. The summed E-state index contributed by atoms with van der Waals surface area (Å²) in [5.74, 6) is 1.60. The topological polar surface area (TPSA) is 90.6 Å². The van der Waals surface area contributed by atoms with Crippen LogP contribution in [0.2, 0.25) is 0 Å². The molecule has 0 saturated carbocycles. The molecule has 0 radical (unpaired) electrons. The van der Waals surface area contributed by atoms with Crippen molar-refractivity contribution in [2.75, 3.05) is 39.8 Å². The van der Waals surface area contributed by atoms with Gasteiger partial charge in [-0.2, -0.15) is 0 Å². The third-order valence-corrected chi connectivity index (χ3v) is 5.86. The maximum absolute atomic E-state index is 12.6. The average Bonchev–Trinajstić information content (AvgIpc) is 3.21. The van der Waals surface area contributed by atoms with Crippen LogP contribution >= 0.6 is 0 Å². The second-order valence-corrected chi connectivity index (χ2v) is 8.01. The summed E-state index contributed by atoms with van der Waals surface area (Å²) in [4.78, 5) is 36.6. The van der Waals surface area contributed by atoms with Crippen molar-refractivity contribution >= 4 is 22.8 Å². The van der Waals surface area contributed by atoms with Gasteiger partial charge in [0.15, 0.2) is 0 Å². The lowest BCUT2D eigenvalue weighted by Gasteiger charge is -2.41. The van der Waals surface area contributed by atoms with E-state index in [2.05, 4.69) is 20.2 Å². The third kappa shape index (κ3) is 4.91. The Morgan fingerprint density at radius 1 is 1.16 bits per heavy atom. The van der Waals surface area contributed by atoms with E-state index in [1.807, 2.05) is 53.4 Å². The average molecular weight is 436 g/mol. The number of benzene rings is 2. The van der Waals surface area contributed by atoms with Crippen molar-refractivity contribution in [3.05, 3.63) is 59.9 Å². The third-order valence-electron chi connectivity index (χ3n) is 5.86. The molecule has 168 valence electrons. The van der Waals surface area contributed by atoms with Gasteiger partial charge in [-0.15, -0.1) is 0 Å². The molecule has 1 aliphatic rings. The monoisotopic (exact) mass is 435 g/mol. The number of hydrogen-bond donors (Lipinski definition) is 2. The second kappa shape index (κ2) is 9.82. The molecule has 1 aromatic heterocycles. The number of aromatic amines is 1. The first-order valence-electron chi connectivity index (χ1n) is 10.9. The molecule has 1 saturated heterocycles. The minimum atomic E-state index is -0.152. The number of ether oxygens (including phenoxy) is 1. The molecule has 3 aromatic rings. The molecule has 0 spiro atoms. The van der Waals surface area contributed by atoms with E-state index in [0.29, 0.717) is 32.6 Å². The Hall–Kier alpha value is -3.39. The fourth-order valence-corrected chi connectivity index (χ4v) is 4.27. The first-order valence-corrected chi connectivity index (χ1v) is 10.9. The highest BCUT2D eigenvalue weighted by molar-refractivity contribution is 5.78. The number of imidazole rings is 1. The Morgan fingerprint density at radius 2 is 1.94 bits per heavy atom. The summed E-state index contributed by atoms with van der Waals surface area (Å²) in [6.45, 7) is 4.20. The lowest BCUT2D eigenvalue weighted by atomic mass is 10.0. The molecule has 4 rings (SSSR count). The standard InChI is InChI=1S/C24H29N5O3/c1-17(30)29-14-13-28(15-21(29)18-7-3-6-10-22(18)32-2)16-24(31)25-12-11-23-26-19-8-4-5-9-20(19)27-23/h3-10,21H,11-16H2,1-2H3,(H,25,31)(H,26,27)/t21-/m0/s1. The van der Waals surface area contributed by atoms with Crippen LogP contribution in [-0.2, 0) is 16.0 Å². The molecule has 2 aromatic carbocycles. The first-order chi connectivity index (χ1) is 15.5. The van der Waals surface area contributed by atoms with Gasteiger partial charge in [-0.25, -0.2) is 4.98 Å². The van der Waals surface area contributed by atoms with E-state index in [1.165, 1.54) is 0 Å². The Bertz CT molecular complexity index is 1060. The van der Waals surface area contributed by atoms with Gasteiger partial charge in [0.1, 0.15) is 11.6 Å². The van der Waals surface area contributed by atoms with E-state index >= 15 is 0 Å². The molecular formula is C24H29N5O3. The number of nitrogens with zero attached hydrogens (tertiary/aromatic N) is 3. The zero-order valence-corrected chi connectivity index (χ0v) is 18.5. The fourth-order valence-electron chi connectivity index (χ4n) is 4.27. The summed E-state index contributed by atoms with van der Waals surface area (Å²) in [5.41, 5.74) is 2.89. The van der Waals surface area contributed by atoms with Crippen LogP contribution in [0, 0.1) is 0 Å². The largest absolute Gasteiger partial charge is 0.496 e. The van der Waals surface area contributed by atoms with Crippen molar-refractivity contribution in [3.63, 3.8) is 0 Å². The molecule has 0 unspecified atom stereocenters. The van der Waals surface area contributed by atoms with Gasteiger partial charge in [0.25, 0.3) is 0 Å². The first kappa shape index (κ1) is 21.8. The number of carbonyl (C=O) groups is 2. The normalized spacial score (nSPS) is 16.8. The zero-order valence-electron chi connectivity index (χ0n) is 18.5. The van der Waals surface area contributed by atoms with Crippen LogP contribution in [0.3, 0.4) is 0 Å². The molecule has 32 heavy (non-hydrogen) atoms. The Balaban J connectivity index is 1.34. The van der Waals surface area contributed by atoms with E-state index in [1.54, 1.807) is 14.0 Å². The van der Waals surface area contributed by atoms with E-state index in [9.17, 15) is 9.59 Å². The maximum Gasteiger partial charge on any atom is 0.234 e. The van der Waals surface area contributed by atoms with Gasteiger partial charge < -0.3 is 19.9 Å². The maximum atomic E-state index is 12.6. The van der Waals surface area contributed by atoms with Gasteiger partial charge in [-0.05, 0) is 18.2 Å². The van der Waals surface area contributed by atoms with Gasteiger partial charge in [0.2, 0.25) is 11.8 Å². The number of H-pyrrole nitrogens is 1. The summed E-state index contributed by atoms with van der Waals surface area (Å²) in [7, 11) is 1.63. The Morgan fingerprint density at radius 3 is 2.72 bits per heavy atom. The number of piperazine rings is 1. The predicted octanol–water partition coefficient (Wildman–Crippen LogP) is 2.14. The van der Waals surface area contributed by atoms with Crippen LogP contribution in [0.1, 0.15) is 24.4 Å². The highest BCUT2D eigenvalue weighted by Crippen LogP contribution is 2.32. The van der Waals surface area contributed by atoms with Crippen molar-refractivity contribution in [3.8, 4) is 5.75 Å². The van der Waals surface area contributed by atoms with E-state index in [4.69, 9.17) is 4.74 Å². The number of amides is 2.